The Hall–Kier alpha value is -1.11. The largest absolute Gasteiger partial charge is 0.487 e. The monoisotopic (exact) mass is 274 g/mol. The number of hydrogen-bond donors (Lipinski definition) is 0. The van der Waals surface area contributed by atoms with Crippen molar-refractivity contribution in [1.82, 2.24) is 0 Å². The van der Waals surface area contributed by atoms with Gasteiger partial charge in [-0.25, -0.2) is 8.42 Å². The van der Waals surface area contributed by atoms with Crippen molar-refractivity contribution >= 4 is 9.84 Å². The molecule has 0 aromatic heterocycles. The van der Waals surface area contributed by atoms with Gasteiger partial charge in [-0.3, -0.25) is 0 Å². The lowest BCUT2D eigenvalue weighted by molar-refractivity contribution is -0.122. The third-order valence-corrected chi connectivity index (χ3v) is 3.59. The first-order valence-electron chi connectivity index (χ1n) is 5.38. The second-order valence-corrected chi connectivity index (χ2v) is 5.87. The molecule has 0 spiro atoms. The Bertz CT molecular complexity index is 491. The maximum absolute atomic E-state index is 11.6. The normalized spacial score (nSPS) is 11.8. The third kappa shape index (κ3) is 3.69. The molecule has 0 heterocycles. The number of sulfone groups is 1. The van der Waals surface area contributed by atoms with E-state index in [1.54, 1.807) is 19.1 Å². The molecule has 0 fully saturated rings. The Morgan fingerprint density at radius 3 is 2.33 bits per heavy atom. The molecule has 1 aromatic rings. The lowest BCUT2D eigenvalue weighted by atomic mass is 10.2. The summed E-state index contributed by atoms with van der Waals surface area (Å²) in [4.78, 5) is 0.174. The fourth-order valence-electron chi connectivity index (χ4n) is 1.49. The molecule has 18 heavy (non-hydrogen) atoms. The van der Waals surface area contributed by atoms with Crippen LogP contribution in [0.1, 0.15) is 5.56 Å². The van der Waals surface area contributed by atoms with Crippen LogP contribution in [0.4, 0.5) is 0 Å². The predicted molar refractivity (Wildman–Crippen MR) is 67.6 cm³/mol. The van der Waals surface area contributed by atoms with E-state index in [0.717, 1.165) is 11.8 Å². The summed E-state index contributed by atoms with van der Waals surface area (Å²) in [5, 5.41) is 0. The maximum atomic E-state index is 11.6. The summed E-state index contributed by atoms with van der Waals surface area (Å²) in [5.41, 5.74) is 0.754. The van der Waals surface area contributed by atoms with Gasteiger partial charge in [0.05, 0.1) is 0 Å². The molecule has 0 aliphatic heterocycles. The summed E-state index contributed by atoms with van der Waals surface area (Å²) < 4.78 is 38.8. The van der Waals surface area contributed by atoms with Gasteiger partial charge in [0.1, 0.15) is 17.3 Å². The number of aryl methyl sites for hydroxylation is 1. The number of hydrogen-bond acceptors (Lipinski definition) is 5. The first-order valence-corrected chi connectivity index (χ1v) is 7.27. The topological polar surface area (TPSA) is 61.8 Å². The van der Waals surface area contributed by atoms with Crippen molar-refractivity contribution in [3.05, 3.63) is 23.8 Å². The molecule has 0 N–H and O–H groups in total. The second-order valence-electron chi connectivity index (χ2n) is 3.89. The van der Waals surface area contributed by atoms with Crippen molar-refractivity contribution in [3.8, 4) is 5.75 Å². The first kappa shape index (κ1) is 14.9. The third-order valence-electron chi connectivity index (χ3n) is 2.46. The summed E-state index contributed by atoms with van der Waals surface area (Å²) in [6.45, 7) is 1.92. The molecular weight excluding hydrogens is 256 g/mol. The Morgan fingerprint density at radius 1 is 1.22 bits per heavy atom. The Morgan fingerprint density at radius 2 is 1.83 bits per heavy atom. The molecule has 5 nitrogen and oxygen atoms in total. The highest BCUT2D eigenvalue weighted by atomic mass is 32.2. The summed E-state index contributed by atoms with van der Waals surface area (Å²) in [5.74, 6) is 0.346. The molecule has 1 rings (SSSR count). The quantitative estimate of drug-likeness (QED) is 0.734. The minimum absolute atomic E-state index is 0.125. The van der Waals surface area contributed by atoms with Crippen LogP contribution in [0, 0.1) is 6.92 Å². The summed E-state index contributed by atoms with van der Waals surface area (Å²) in [6.07, 6.45) is 0.621. The molecule has 0 saturated carbocycles. The van der Waals surface area contributed by atoms with Gasteiger partial charge in [0, 0.05) is 20.5 Å². The smallest absolute Gasteiger partial charge is 0.191 e. The minimum Gasteiger partial charge on any atom is -0.487 e. The van der Waals surface area contributed by atoms with E-state index in [4.69, 9.17) is 14.2 Å². The fourth-order valence-corrected chi connectivity index (χ4v) is 2.37. The standard InChI is InChI=1S/C12H18O5S/c1-9-6-5-7-10(18(4,13)14)12(9)17-8-11(15-2)16-3/h5-7,11H,8H2,1-4H3. The van der Waals surface area contributed by atoms with E-state index in [2.05, 4.69) is 0 Å². The van der Waals surface area contributed by atoms with Crippen LogP contribution in [-0.2, 0) is 19.3 Å². The van der Waals surface area contributed by atoms with Crippen molar-refractivity contribution < 1.29 is 22.6 Å². The zero-order chi connectivity index (χ0) is 13.8. The van der Waals surface area contributed by atoms with E-state index in [-0.39, 0.29) is 11.5 Å². The Kier molecular flexibility index (Phi) is 5.13. The van der Waals surface area contributed by atoms with Gasteiger partial charge < -0.3 is 14.2 Å². The highest BCUT2D eigenvalue weighted by Crippen LogP contribution is 2.27. The predicted octanol–water partition coefficient (Wildman–Crippen LogP) is 1.40. The lowest BCUT2D eigenvalue weighted by Crippen LogP contribution is -2.22. The zero-order valence-electron chi connectivity index (χ0n) is 11.0. The van der Waals surface area contributed by atoms with E-state index in [1.165, 1.54) is 20.3 Å². The van der Waals surface area contributed by atoms with Gasteiger partial charge in [-0.2, -0.15) is 0 Å². The summed E-state index contributed by atoms with van der Waals surface area (Å²) in [7, 11) is -0.338. The van der Waals surface area contributed by atoms with Gasteiger partial charge in [-0.05, 0) is 18.6 Å². The van der Waals surface area contributed by atoms with E-state index in [1.807, 2.05) is 0 Å². The van der Waals surface area contributed by atoms with Crippen LogP contribution in [0.2, 0.25) is 0 Å². The van der Waals surface area contributed by atoms with Gasteiger partial charge >= 0.3 is 0 Å². The van der Waals surface area contributed by atoms with E-state index >= 15 is 0 Å². The zero-order valence-corrected chi connectivity index (χ0v) is 11.8. The molecule has 102 valence electrons. The molecule has 0 amide bonds. The minimum atomic E-state index is -3.32. The molecule has 0 aliphatic carbocycles. The summed E-state index contributed by atoms with van der Waals surface area (Å²) >= 11 is 0. The number of para-hydroxylation sites is 1. The molecule has 6 heteroatoms. The van der Waals surface area contributed by atoms with Gasteiger partial charge in [0.15, 0.2) is 16.1 Å². The molecule has 0 bridgehead atoms. The molecule has 0 aliphatic rings. The highest BCUT2D eigenvalue weighted by Gasteiger charge is 2.17. The molecule has 0 unspecified atom stereocenters. The van der Waals surface area contributed by atoms with Gasteiger partial charge in [-0.15, -0.1) is 0 Å². The van der Waals surface area contributed by atoms with Crippen LogP contribution in [0.5, 0.6) is 5.75 Å². The molecule has 0 radical (unpaired) electrons. The number of benzene rings is 1. The van der Waals surface area contributed by atoms with E-state index in [0.29, 0.717) is 5.75 Å². The number of methoxy groups -OCH3 is 2. The van der Waals surface area contributed by atoms with Crippen LogP contribution < -0.4 is 4.74 Å². The van der Waals surface area contributed by atoms with Crippen LogP contribution >= 0.6 is 0 Å². The van der Waals surface area contributed by atoms with Crippen LogP contribution in [0.15, 0.2) is 23.1 Å². The summed E-state index contributed by atoms with van der Waals surface area (Å²) in [6, 6.07) is 4.99. The van der Waals surface area contributed by atoms with Crippen LogP contribution in [-0.4, -0.2) is 41.8 Å². The van der Waals surface area contributed by atoms with Gasteiger partial charge in [-0.1, -0.05) is 12.1 Å². The van der Waals surface area contributed by atoms with Crippen molar-refractivity contribution in [2.75, 3.05) is 27.1 Å². The Labute approximate surface area is 108 Å². The molecular formula is C12H18O5S. The number of ether oxygens (including phenoxy) is 3. The van der Waals surface area contributed by atoms with Crippen molar-refractivity contribution in [2.24, 2.45) is 0 Å². The van der Waals surface area contributed by atoms with Crippen molar-refractivity contribution in [2.45, 2.75) is 18.1 Å². The highest BCUT2D eigenvalue weighted by molar-refractivity contribution is 7.90. The van der Waals surface area contributed by atoms with Crippen molar-refractivity contribution in [1.29, 1.82) is 0 Å². The van der Waals surface area contributed by atoms with Crippen molar-refractivity contribution in [3.63, 3.8) is 0 Å². The van der Waals surface area contributed by atoms with Gasteiger partial charge in [0.2, 0.25) is 0 Å². The first-order chi connectivity index (χ1) is 8.40. The van der Waals surface area contributed by atoms with E-state index < -0.39 is 16.1 Å². The van der Waals surface area contributed by atoms with Gasteiger partial charge in [0.25, 0.3) is 0 Å². The SMILES string of the molecule is COC(COc1c(C)cccc1S(C)(=O)=O)OC. The number of rotatable bonds is 6. The lowest BCUT2D eigenvalue weighted by Gasteiger charge is -2.17. The molecule has 0 atom stereocenters. The molecule has 1 aromatic carbocycles. The van der Waals surface area contributed by atoms with Crippen LogP contribution in [0.25, 0.3) is 0 Å². The average molecular weight is 274 g/mol. The van der Waals surface area contributed by atoms with E-state index in [9.17, 15) is 8.42 Å². The Balaban J connectivity index is 3.01. The van der Waals surface area contributed by atoms with Crippen LogP contribution in [0.3, 0.4) is 0 Å². The maximum Gasteiger partial charge on any atom is 0.191 e. The second kappa shape index (κ2) is 6.17. The average Bonchev–Trinajstić information content (AvgIpc) is 2.30. The fraction of sp³-hybridized carbons (Fsp3) is 0.500. The molecule has 0 saturated heterocycles.